The van der Waals surface area contributed by atoms with Crippen LogP contribution >= 0.6 is 11.8 Å². The second-order valence-corrected chi connectivity index (χ2v) is 5.56. The van der Waals surface area contributed by atoms with E-state index in [9.17, 15) is 4.79 Å². The summed E-state index contributed by atoms with van der Waals surface area (Å²) in [5, 5.41) is 19.0. The number of hydrogen-bond donors (Lipinski definition) is 3. The van der Waals surface area contributed by atoms with Crippen molar-refractivity contribution in [1.82, 2.24) is 14.8 Å². The van der Waals surface area contributed by atoms with Gasteiger partial charge in [-0.25, -0.2) is 9.89 Å². The lowest BCUT2D eigenvalue weighted by Gasteiger charge is -2.09. The minimum Gasteiger partial charge on any atom is -0.409 e. The lowest BCUT2D eigenvalue weighted by atomic mass is 10.1. The fourth-order valence-corrected chi connectivity index (χ4v) is 2.87. The van der Waals surface area contributed by atoms with Crippen LogP contribution in [-0.4, -0.2) is 25.8 Å². The van der Waals surface area contributed by atoms with Crippen LogP contribution in [0.2, 0.25) is 0 Å². The van der Waals surface area contributed by atoms with Crippen LogP contribution < -0.4 is 11.4 Å². The van der Waals surface area contributed by atoms with Gasteiger partial charge in [-0.1, -0.05) is 23.7 Å². The van der Waals surface area contributed by atoms with Crippen molar-refractivity contribution >= 4 is 17.6 Å². The van der Waals surface area contributed by atoms with Crippen LogP contribution in [0.4, 0.5) is 0 Å². The van der Waals surface area contributed by atoms with E-state index in [1.54, 1.807) is 4.57 Å². The third-order valence-corrected chi connectivity index (χ3v) is 3.96. The van der Waals surface area contributed by atoms with Gasteiger partial charge in [0.15, 0.2) is 11.0 Å². The Hall–Kier alpha value is -2.22. The van der Waals surface area contributed by atoms with Crippen molar-refractivity contribution < 1.29 is 5.21 Å². The minimum absolute atomic E-state index is 0.0288. The summed E-state index contributed by atoms with van der Waals surface area (Å²) in [4.78, 5) is 12.5. The summed E-state index contributed by atoms with van der Waals surface area (Å²) in [5.41, 5.74) is 7.08. The van der Waals surface area contributed by atoms with E-state index in [-0.39, 0.29) is 11.5 Å². The van der Waals surface area contributed by atoms with Crippen molar-refractivity contribution in [2.75, 3.05) is 0 Å². The van der Waals surface area contributed by atoms with Gasteiger partial charge in [-0.15, -0.1) is 5.10 Å². The zero-order valence-electron chi connectivity index (χ0n) is 11.8. The van der Waals surface area contributed by atoms with Gasteiger partial charge in [0.25, 0.3) is 0 Å². The summed E-state index contributed by atoms with van der Waals surface area (Å²) in [7, 11) is 0. The lowest BCUT2D eigenvalue weighted by Crippen LogP contribution is -2.17. The molecule has 0 bridgehead atoms. The normalized spacial score (nSPS) is 11.8. The first-order chi connectivity index (χ1) is 10.1. The maximum absolute atomic E-state index is 11.7. The predicted molar refractivity (Wildman–Crippen MR) is 81.0 cm³/mol. The Morgan fingerprint density at radius 1 is 1.57 bits per heavy atom. The number of aromatic amines is 1. The molecule has 0 saturated carbocycles. The van der Waals surface area contributed by atoms with Crippen LogP contribution in [0.1, 0.15) is 24.5 Å². The Balaban J connectivity index is 2.43. The minimum atomic E-state index is -0.239. The molecule has 0 aliphatic carbocycles. The summed E-state index contributed by atoms with van der Waals surface area (Å²) >= 11 is 1.30. The number of aromatic nitrogens is 3. The van der Waals surface area contributed by atoms with Crippen molar-refractivity contribution in [1.29, 1.82) is 0 Å². The zero-order valence-corrected chi connectivity index (χ0v) is 12.6. The van der Waals surface area contributed by atoms with Gasteiger partial charge in [0, 0.05) is 17.0 Å². The summed E-state index contributed by atoms with van der Waals surface area (Å²) in [6.45, 7) is 4.49. The molecule has 7 nitrogen and oxygen atoms in total. The third-order valence-electron chi connectivity index (χ3n) is 2.89. The molecule has 112 valence electrons. The van der Waals surface area contributed by atoms with Gasteiger partial charge in [0.2, 0.25) is 0 Å². The second kappa shape index (κ2) is 6.49. The molecular formula is C13H17N5O2S. The highest BCUT2D eigenvalue weighted by Gasteiger charge is 2.14. The molecule has 4 N–H and O–H groups in total. The molecule has 0 unspecified atom stereocenters. The van der Waals surface area contributed by atoms with E-state index in [1.807, 2.05) is 32.0 Å². The van der Waals surface area contributed by atoms with Crippen molar-refractivity contribution in [2.24, 2.45) is 10.9 Å². The van der Waals surface area contributed by atoms with Crippen molar-refractivity contribution in [3.63, 3.8) is 0 Å². The number of benzene rings is 1. The van der Waals surface area contributed by atoms with Gasteiger partial charge in [-0.05, 0) is 37.2 Å². The number of aryl methyl sites for hydroxylation is 1. The maximum Gasteiger partial charge on any atom is 0.343 e. The molecule has 21 heavy (non-hydrogen) atoms. The molecule has 0 aliphatic heterocycles. The van der Waals surface area contributed by atoms with Crippen LogP contribution in [0, 0.1) is 6.92 Å². The first kappa shape index (κ1) is 15.2. The Bertz CT molecular complexity index is 720. The lowest BCUT2D eigenvalue weighted by molar-refractivity contribution is 0.318. The number of nitrogens with one attached hydrogen (secondary N) is 1. The summed E-state index contributed by atoms with van der Waals surface area (Å²) in [6, 6.07) is 5.61. The average Bonchev–Trinajstić information content (AvgIpc) is 2.81. The highest BCUT2D eigenvalue weighted by atomic mass is 32.2. The summed E-state index contributed by atoms with van der Waals surface area (Å²) in [6.07, 6.45) is 0.827. The molecule has 0 amide bonds. The number of rotatable bonds is 5. The molecule has 0 saturated heterocycles. The largest absolute Gasteiger partial charge is 0.409 e. The average molecular weight is 307 g/mol. The zero-order chi connectivity index (χ0) is 15.4. The van der Waals surface area contributed by atoms with Crippen LogP contribution in [0.5, 0.6) is 0 Å². The van der Waals surface area contributed by atoms with Crippen LogP contribution in [0.25, 0.3) is 0 Å². The SMILES string of the molecule is CCCn1c(Sc2ccc(C)cc2/C(N)=N/O)n[nH]c1=O. The van der Waals surface area contributed by atoms with Gasteiger partial charge in [0.05, 0.1) is 0 Å². The number of nitrogens with zero attached hydrogens (tertiary/aromatic N) is 3. The van der Waals surface area contributed by atoms with Gasteiger partial charge < -0.3 is 10.9 Å². The first-order valence-electron chi connectivity index (χ1n) is 6.48. The van der Waals surface area contributed by atoms with Gasteiger partial charge >= 0.3 is 5.69 Å². The van der Waals surface area contributed by atoms with Crippen LogP contribution in [0.15, 0.2) is 38.2 Å². The highest BCUT2D eigenvalue weighted by molar-refractivity contribution is 7.99. The van der Waals surface area contributed by atoms with E-state index in [2.05, 4.69) is 15.4 Å². The van der Waals surface area contributed by atoms with Crippen LogP contribution in [-0.2, 0) is 6.54 Å². The maximum atomic E-state index is 11.7. The molecule has 2 rings (SSSR count). The fourth-order valence-electron chi connectivity index (χ4n) is 1.89. The van der Waals surface area contributed by atoms with Crippen molar-refractivity contribution in [3.05, 3.63) is 39.8 Å². The fraction of sp³-hybridized carbons (Fsp3) is 0.308. The highest BCUT2D eigenvalue weighted by Crippen LogP contribution is 2.29. The molecule has 8 heteroatoms. The Labute approximate surface area is 125 Å². The Kier molecular flexibility index (Phi) is 4.69. The van der Waals surface area contributed by atoms with E-state index in [1.165, 1.54) is 11.8 Å². The van der Waals surface area contributed by atoms with E-state index in [0.717, 1.165) is 16.9 Å². The van der Waals surface area contributed by atoms with Gasteiger partial charge in [-0.3, -0.25) is 4.57 Å². The molecule has 1 aromatic heterocycles. The number of amidine groups is 1. The second-order valence-electron chi connectivity index (χ2n) is 4.55. The molecule has 0 aliphatic rings. The Morgan fingerprint density at radius 2 is 2.33 bits per heavy atom. The standard InChI is InChI=1S/C13H17N5O2S/c1-3-6-18-12(19)15-16-13(18)21-10-5-4-8(2)7-9(10)11(14)17-20/h4-5,7,20H,3,6H2,1-2H3,(H2,14,17)(H,15,19). The van der Waals surface area contributed by atoms with E-state index >= 15 is 0 Å². The monoisotopic (exact) mass is 307 g/mol. The van der Waals surface area contributed by atoms with Gasteiger partial charge in [0.1, 0.15) is 0 Å². The molecule has 1 aromatic carbocycles. The smallest absolute Gasteiger partial charge is 0.343 e. The summed E-state index contributed by atoms with van der Waals surface area (Å²) in [5.74, 6) is 0.0288. The van der Waals surface area contributed by atoms with Gasteiger partial charge in [-0.2, -0.15) is 0 Å². The van der Waals surface area contributed by atoms with E-state index in [0.29, 0.717) is 17.3 Å². The number of nitrogens with two attached hydrogens (primary N) is 1. The van der Waals surface area contributed by atoms with E-state index < -0.39 is 0 Å². The van der Waals surface area contributed by atoms with Crippen LogP contribution in [0.3, 0.4) is 0 Å². The van der Waals surface area contributed by atoms with Crippen molar-refractivity contribution in [3.8, 4) is 0 Å². The molecule has 0 spiro atoms. The molecule has 1 heterocycles. The number of oxime groups is 1. The molecule has 0 atom stereocenters. The third kappa shape index (κ3) is 3.27. The first-order valence-corrected chi connectivity index (χ1v) is 7.30. The number of H-pyrrole nitrogens is 1. The molecule has 2 aromatic rings. The molecule has 0 radical (unpaired) electrons. The topological polar surface area (TPSA) is 109 Å². The van der Waals surface area contributed by atoms with Crippen molar-refractivity contribution in [2.45, 2.75) is 36.9 Å². The molecule has 0 fully saturated rings. The van der Waals surface area contributed by atoms with E-state index in [4.69, 9.17) is 10.9 Å². The molecular weight excluding hydrogens is 290 g/mol. The summed E-state index contributed by atoms with van der Waals surface area (Å²) < 4.78 is 1.57. The number of hydrogen-bond acceptors (Lipinski definition) is 5. The predicted octanol–water partition coefficient (Wildman–Crippen LogP) is 1.54. The quantitative estimate of drug-likeness (QED) is 0.336. The Morgan fingerprint density at radius 3 is 3.00 bits per heavy atom.